The first-order chi connectivity index (χ1) is 8.40. The molecule has 1 aromatic heterocycles. The van der Waals surface area contributed by atoms with Gasteiger partial charge in [-0.3, -0.25) is 4.90 Å². The molecule has 0 spiro atoms. The molecule has 0 aromatic carbocycles. The number of nitrogens with zero attached hydrogens (tertiary/aromatic N) is 1. The summed E-state index contributed by atoms with van der Waals surface area (Å²) in [7, 11) is 0. The Hall–Kier alpha value is -0.800. The zero-order valence-electron chi connectivity index (χ0n) is 10.9. The van der Waals surface area contributed by atoms with E-state index in [4.69, 9.17) is 4.42 Å². The van der Waals surface area contributed by atoms with Crippen molar-refractivity contribution in [2.75, 3.05) is 19.6 Å². The first kappa shape index (κ1) is 12.7. The minimum atomic E-state index is 0.854. The van der Waals surface area contributed by atoms with E-state index >= 15 is 0 Å². The average molecular weight is 236 g/mol. The Kier molecular flexibility index (Phi) is 5.08. The largest absolute Gasteiger partial charge is 0.468 e. The molecule has 1 aliphatic heterocycles. The van der Waals surface area contributed by atoms with Crippen molar-refractivity contribution < 1.29 is 4.42 Å². The third kappa shape index (κ3) is 3.86. The average Bonchev–Trinajstić information content (AvgIpc) is 2.61. The first-order valence-electron chi connectivity index (χ1n) is 6.88. The van der Waals surface area contributed by atoms with Crippen LogP contribution in [0.2, 0.25) is 0 Å². The molecule has 96 valence electrons. The highest BCUT2D eigenvalue weighted by molar-refractivity contribution is 5.16. The Morgan fingerprint density at radius 2 is 2.00 bits per heavy atom. The molecule has 17 heavy (non-hydrogen) atoms. The van der Waals surface area contributed by atoms with Crippen LogP contribution in [0.3, 0.4) is 0 Å². The Morgan fingerprint density at radius 1 is 1.24 bits per heavy atom. The summed E-state index contributed by atoms with van der Waals surface area (Å²) in [5.74, 6) is 1.11. The molecule has 0 amide bonds. The number of hydrogen-bond acceptors (Lipinski definition) is 3. The van der Waals surface area contributed by atoms with Crippen LogP contribution in [-0.2, 0) is 13.1 Å². The van der Waals surface area contributed by atoms with E-state index in [1.165, 1.54) is 44.3 Å². The van der Waals surface area contributed by atoms with E-state index in [2.05, 4.69) is 23.2 Å². The Labute approximate surface area is 104 Å². The van der Waals surface area contributed by atoms with Gasteiger partial charge in [0, 0.05) is 12.1 Å². The summed E-state index contributed by atoms with van der Waals surface area (Å²) in [6, 6.07) is 2.12. The SMILES string of the molecule is CCNCc1occc1CN1CCCCCC1. The summed E-state index contributed by atoms with van der Waals surface area (Å²) in [5, 5.41) is 3.33. The summed E-state index contributed by atoms with van der Waals surface area (Å²) in [5.41, 5.74) is 1.35. The van der Waals surface area contributed by atoms with Crippen molar-refractivity contribution in [1.29, 1.82) is 0 Å². The minimum absolute atomic E-state index is 0.854. The maximum Gasteiger partial charge on any atom is 0.122 e. The fourth-order valence-electron chi connectivity index (χ4n) is 2.44. The van der Waals surface area contributed by atoms with Gasteiger partial charge >= 0.3 is 0 Å². The second-order valence-electron chi connectivity index (χ2n) is 4.84. The van der Waals surface area contributed by atoms with Crippen molar-refractivity contribution in [3.05, 3.63) is 23.7 Å². The van der Waals surface area contributed by atoms with Gasteiger partial charge in [0.05, 0.1) is 12.8 Å². The van der Waals surface area contributed by atoms with Gasteiger partial charge in [-0.15, -0.1) is 0 Å². The van der Waals surface area contributed by atoms with Crippen molar-refractivity contribution in [3.8, 4) is 0 Å². The molecule has 2 heterocycles. The highest BCUT2D eigenvalue weighted by Crippen LogP contribution is 2.16. The lowest BCUT2D eigenvalue weighted by Crippen LogP contribution is -2.24. The Morgan fingerprint density at radius 3 is 2.71 bits per heavy atom. The van der Waals surface area contributed by atoms with Crippen molar-refractivity contribution in [1.82, 2.24) is 10.2 Å². The van der Waals surface area contributed by atoms with E-state index in [0.29, 0.717) is 0 Å². The lowest BCUT2D eigenvalue weighted by atomic mass is 10.2. The molecule has 0 bridgehead atoms. The number of likely N-dealkylation sites (tertiary alicyclic amines) is 1. The quantitative estimate of drug-likeness (QED) is 0.852. The summed E-state index contributed by atoms with van der Waals surface area (Å²) < 4.78 is 5.55. The zero-order valence-corrected chi connectivity index (χ0v) is 10.9. The van der Waals surface area contributed by atoms with Crippen LogP contribution in [0.5, 0.6) is 0 Å². The number of rotatable bonds is 5. The molecule has 0 unspecified atom stereocenters. The van der Waals surface area contributed by atoms with E-state index in [0.717, 1.165) is 25.4 Å². The lowest BCUT2D eigenvalue weighted by molar-refractivity contribution is 0.274. The molecule has 1 aliphatic rings. The Bertz CT molecular complexity index is 314. The van der Waals surface area contributed by atoms with Crippen LogP contribution in [0, 0.1) is 0 Å². The van der Waals surface area contributed by atoms with Crippen molar-refractivity contribution in [3.63, 3.8) is 0 Å². The van der Waals surface area contributed by atoms with Crippen LogP contribution in [0.25, 0.3) is 0 Å². The molecule has 0 saturated carbocycles. The van der Waals surface area contributed by atoms with Crippen LogP contribution in [0.4, 0.5) is 0 Å². The first-order valence-corrected chi connectivity index (χ1v) is 6.88. The van der Waals surface area contributed by atoms with Crippen LogP contribution < -0.4 is 5.32 Å². The highest BCUT2D eigenvalue weighted by atomic mass is 16.3. The molecule has 1 saturated heterocycles. The van der Waals surface area contributed by atoms with Crippen LogP contribution in [-0.4, -0.2) is 24.5 Å². The van der Waals surface area contributed by atoms with E-state index < -0.39 is 0 Å². The molecular weight excluding hydrogens is 212 g/mol. The van der Waals surface area contributed by atoms with Gasteiger partial charge in [0.1, 0.15) is 5.76 Å². The predicted octanol–water partition coefficient (Wildman–Crippen LogP) is 2.77. The molecule has 0 atom stereocenters. The molecule has 1 aromatic rings. The van der Waals surface area contributed by atoms with Crippen LogP contribution in [0.1, 0.15) is 43.9 Å². The number of furan rings is 1. The molecular formula is C14H24N2O. The fourth-order valence-corrected chi connectivity index (χ4v) is 2.44. The van der Waals surface area contributed by atoms with Gasteiger partial charge in [-0.1, -0.05) is 19.8 Å². The molecule has 0 aliphatic carbocycles. The summed E-state index contributed by atoms with van der Waals surface area (Å²) in [6.45, 7) is 7.50. The number of nitrogens with one attached hydrogen (secondary N) is 1. The lowest BCUT2D eigenvalue weighted by Gasteiger charge is -2.19. The van der Waals surface area contributed by atoms with Gasteiger partial charge < -0.3 is 9.73 Å². The van der Waals surface area contributed by atoms with Gasteiger partial charge in [-0.2, -0.15) is 0 Å². The summed E-state index contributed by atoms with van der Waals surface area (Å²) in [4.78, 5) is 2.56. The van der Waals surface area contributed by atoms with Gasteiger partial charge in [0.25, 0.3) is 0 Å². The second-order valence-corrected chi connectivity index (χ2v) is 4.84. The zero-order chi connectivity index (χ0) is 11.9. The monoisotopic (exact) mass is 236 g/mol. The topological polar surface area (TPSA) is 28.4 Å². The predicted molar refractivity (Wildman–Crippen MR) is 69.8 cm³/mol. The summed E-state index contributed by atoms with van der Waals surface area (Å²) in [6.07, 6.45) is 7.30. The Balaban J connectivity index is 1.90. The van der Waals surface area contributed by atoms with Crippen molar-refractivity contribution >= 4 is 0 Å². The van der Waals surface area contributed by atoms with Gasteiger partial charge in [0.15, 0.2) is 0 Å². The summed E-state index contributed by atoms with van der Waals surface area (Å²) >= 11 is 0. The molecule has 1 fully saturated rings. The maximum absolute atomic E-state index is 5.55. The van der Waals surface area contributed by atoms with E-state index in [-0.39, 0.29) is 0 Å². The van der Waals surface area contributed by atoms with E-state index in [1.54, 1.807) is 0 Å². The second kappa shape index (κ2) is 6.82. The normalized spacial score (nSPS) is 18.2. The van der Waals surface area contributed by atoms with E-state index in [9.17, 15) is 0 Å². The minimum Gasteiger partial charge on any atom is -0.468 e. The van der Waals surface area contributed by atoms with Gasteiger partial charge in [-0.05, 0) is 38.5 Å². The van der Waals surface area contributed by atoms with E-state index in [1.807, 2.05) is 6.26 Å². The van der Waals surface area contributed by atoms with Crippen LogP contribution in [0.15, 0.2) is 16.7 Å². The third-order valence-corrected chi connectivity index (χ3v) is 3.47. The molecule has 1 N–H and O–H groups in total. The highest BCUT2D eigenvalue weighted by Gasteiger charge is 2.13. The third-order valence-electron chi connectivity index (χ3n) is 3.47. The van der Waals surface area contributed by atoms with Gasteiger partial charge in [-0.25, -0.2) is 0 Å². The molecule has 3 nitrogen and oxygen atoms in total. The van der Waals surface area contributed by atoms with Crippen molar-refractivity contribution in [2.45, 2.75) is 45.7 Å². The molecule has 0 radical (unpaired) electrons. The number of hydrogen-bond donors (Lipinski definition) is 1. The van der Waals surface area contributed by atoms with Crippen molar-refractivity contribution in [2.24, 2.45) is 0 Å². The molecule has 3 heteroatoms. The van der Waals surface area contributed by atoms with Crippen LogP contribution >= 0.6 is 0 Å². The maximum atomic E-state index is 5.55. The molecule has 2 rings (SSSR count). The fraction of sp³-hybridized carbons (Fsp3) is 0.714. The smallest absolute Gasteiger partial charge is 0.122 e. The standard InChI is InChI=1S/C14H24N2O/c1-2-15-11-14-13(7-10-17-14)12-16-8-5-3-4-6-9-16/h7,10,15H,2-6,8-9,11-12H2,1H3. The van der Waals surface area contributed by atoms with Gasteiger partial charge in [0.2, 0.25) is 0 Å².